The van der Waals surface area contributed by atoms with E-state index in [1.165, 1.54) is 34.6 Å². The molecule has 0 aliphatic carbocycles. The number of nitrogens with zero attached hydrogens (tertiary/aromatic N) is 9. The van der Waals surface area contributed by atoms with E-state index in [4.69, 9.17) is 36.5 Å². The van der Waals surface area contributed by atoms with Gasteiger partial charge in [0.1, 0.15) is 53.4 Å². The molecule has 4 aromatic heterocycles. The van der Waals surface area contributed by atoms with Crippen molar-refractivity contribution in [3.05, 3.63) is 110 Å². The van der Waals surface area contributed by atoms with Crippen molar-refractivity contribution in [2.75, 3.05) is 55.3 Å². The zero-order valence-electron chi connectivity index (χ0n) is 44.0. The Morgan fingerprint density at radius 2 is 1.90 bits per heavy atom. The molecule has 1 unspecified atom stereocenters. The minimum absolute atomic E-state index is 0.00176. The zero-order valence-corrected chi connectivity index (χ0v) is 45.6. The summed E-state index contributed by atoms with van der Waals surface area (Å²) in [7, 11) is 0. The van der Waals surface area contributed by atoms with E-state index < -0.39 is 70.8 Å². The highest BCUT2D eigenvalue weighted by Crippen LogP contribution is 2.47. The number of aromatic nitrogens is 4. The molecule has 7 aromatic rings. The molecule has 25 heteroatoms. The molecular weight excluding hydrogens is 1110 g/mol. The number of cyclic esters (lactones) is 1. The van der Waals surface area contributed by atoms with Crippen molar-refractivity contribution in [1.82, 2.24) is 29.3 Å². The zero-order chi connectivity index (χ0) is 57.8. The Labute approximate surface area is 473 Å². The van der Waals surface area contributed by atoms with Crippen LogP contribution in [0.15, 0.2) is 59.4 Å². The van der Waals surface area contributed by atoms with Gasteiger partial charge in [-0.25, -0.2) is 27.3 Å². The molecule has 12 rings (SSSR count). The number of piperazine rings is 1. The van der Waals surface area contributed by atoms with Gasteiger partial charge in [0.2, 0.25) is 6.41 Å². The summed E-state index contributed by atoms with van der Waals surface area (Å²) >= 11 is 7.81. The first-order chi connectivity index (χ1) is 39.3. The number of halogens is 5. The molecular formula is C57H50ClF4N11O8S. The highest BCUT2D eigenvalue weighted by molar-refractivity contribution is 7.23. The van der Waals surface area contributed by atoms with Crippen LogP contribution in [0.4, 0.5) is 34.1 Å². The number of nitriles is 2. The lowest BCUT2D eigenvalue weighted by Crippen LogP contribution is -2.56. The van der Waals surface area contributed by atoms with Gasteiger partial charge in [0.05, 0.1) is 80.2 Å². The number of hydrogen-bond donors (Lipinski definition) is 4. The number of carbonyl (C=O) groups is 2. The molecule has 1 amide bonds. The average Bonchev–Trinajstić information content (AvgIpc) is 4.11. The number of nitrogens with two attached hydrogens (primary N) is 1. The lowest BCUT2D eigenvalue weighted by molar-refractivity contribution is -0.172. The number of fused-ring (bicyclic) bond motifs is 8. The molecule has 0 bridgehead atoms. The molecule has 3 fully saturated rings. The molecule has 6 atom stereocenters. The highest BCUT2D eigenvalue weighted by Gasteiger charge is 2.50. The second-order valence-electron chi connectivity index (χ2n) is 21.3. The summed E-state index contributed by atoms with van der Waals surface area (Å²) in [4.78, 5) is 59.8. The van der Waals surface area contributed by atoms with Crippen LogP contribution in [0.3, 0.4) is 0 Å². The average molecular weight is 1160 g/mol. The van der Waals surface area contributed by atoms with Crippen LogP contribution >= 0.6 is 22.9 Å². The van der Waals surface area contributed by atoms with Crippen LogP contribution in [0.2, 0.25) is 5.02 Å². The van der Waals surface area contributed by atoms with E-state index in [2.05, 4.69) is 27.9 Å². The number of aliphatic hydroxyl groups excluding tert-OH is 1. The van der Waals surface area contributed by atoms with Crippen LogP contribution in [0.1, 0.15) is 68.2 Å². The number of aliphatic hydroxyl groups is 2. The molecule has 0 saturated carbocycles. The fourth-order valence-corrected chi connectivity index (χ4v) is 13.6. The van der Waals surface area contributed by atoms with Crippen LogP contribution < -0.4 is 26.2 Å². The van der Waals surface area contributed by atoms with Gasteiger partial charge in [0.25, 0.3) is 11.5 Å². The van der Waals surface area contributed by atoms with E-state index in [9.17, 15) is 39.5 Å². The Morgan fingerprint density at radius 1 is 1.10 bits per heavy atom. The van der Waals surface area contributed by atoms with Crippen molar-refractivity contribution in [3.63, 3.8) is 0 Å². The number of thiophene rings is 1. The van der Waals surface area contributed by atoms with Gasteiger partial charge in [-0.2, -0.15) is 20.5 Å². The summed E-state index contributed by atoms with van der Waals surface area (Å²) in [5, 5.41) is 45.6. The number of carbonyl (C=O) groups excluding carboxylic acids is 2. The fourth-order valence-electron chi connectivity index (χ4n) is 12.4. The first kappa shape index (κ1) is 54.6. The molecule has 422 valence electrons. The molecule has 9 heterocycles. The van der Waals surface area contributed by atoms with Crippen molar-refractivity contribution >= 4 is 83.2 Å². The van der Waals surface area contributed by atoms with Crippen LogP contribution in [0.5, 0.6) is 6.01 Å². The molecule has 0 spiro atoms. The molecule has 5 aliphatic heterocycles. The number of rotatable bonds is 13. The first-order valence-electron chi connectivity index (χ1n) is 26.4. The van der Waals surface area contributed by atoms with E-state index in [0.29, 0.717) is 35.3 Å². The van der Waals surface area contributed by atoms with Gasteiger partial charge in [-0.1, -0.05) is 31.2 Å². The number of esters is 1. The van der Waals surface area contributed by atoms with Crippen molar-refractivity contribution < 1.29 is 51.6 Å². The Balaban J connectivity index is 0.784. The second-order valence-corrected chi connectivity index (χ2v) is 22.7. The van der Waals surface area contributed by atoms with E-state index in [1.807, 2.05) is 11.0 Å². The lowest BCUT2D eigenvalue weighted by atomic mass is 9.86. The third kappa shape index (κ3) is 8.82. The number of nitrogen functional groups attached to an aromatic ring is 1. The van der Waals surface area contributed by atoms with Crippen LogP contribution in [0, 0.1) is 40.1 Å². The van der Waals surface area contributed by atoms with E-state index >= 15 is 13.2 Å². The summed E-state index contributed by atoms with van der Waals surface area (Å²) < 4.78 is 82.1. The predicted octanol–water partition coefficient (Wildman–Crippen LogP) is 7.66. The quantitative estimate of drug-likeness (QED) is 0.0374. The van der Waals surface area contributed by atoms with Crippen LogP contribution in [-0.2, 0) is 37.8 Å². The summed E-state index contributed by atoms with van der Waals surface area (Å²) in [6, 6.07) is 12.7. The fraction of sp³-hybridized carbons (Fsp3) is 0.368. The van der Waals surface area contributed by atoms with E-state index in [0.717, 1.165) is 29.9 Å². The van der Waals surface area contributed by atoms with Gasteiger partial charge in [0, 0.05) is 77.1 Å². The molecule has 82 heavy (non-hydrogen) atoms. The van der Waals surface area contributed by atoms with Gasteiger partial charge in [0.15, 0.2) is 11.4 Å². The predicted molar refractivity (Wildman–Crippen MR) is 295 cm³/mol. The Morgan fingerprint density at radius 3 is 2.67 bits per heavy atom. The van der Waals surface area contributed by atoms with Gasteiger partial charge in [-0.05, 0) is 68.6 Å². The number of pyridine rings is 2. The van der Waals surface area contributed by atoms with Gasteiger partial charge < -0.3 is 49.8 Å². The van der Waals surface area contributed by atoms with Crippen molar-refractivity contribution in [2.45, 2.75) is 95.0 Å². The Bertz CT molecular complexity index is 4080. The molecule has 0 radical (unpaired) electrons. The first-order valence-corrected chi connectivity index (χ1v) is 27.6. The molecule has 5 aliphatic rings. The standard InChI is InChI=1S/C57H50ClF4N11O8S/c1-4-57(78)36-17-42-46-29(21-73(42)52(75)35(36)24-79-53(57)76)14-28-15-41(39(61)18-40(28)66-46)67-55(77)81-27(3)26(2)51(74)72-13-12-70(23-31(72)8-10-63)50-33-16-37(58)44(32-6-7-38(60)48-43(32)34(20-64)49(65)82-48)45(62)47(33)68-54(69-50)80-25-56-9-5-11-71(56)22-30(59)19-56/h6-7,14-18,27,30-31,55,67,77-78H,2,4-5,8-9,11-13,19,21-25,65H2,1,3H3/t27-,30+,31-,55?,56-,57-/m0/s1. The molecule has 3 saturated heterocycles. The third-order valence-corrected chi connectivity index (χ3v) is 17.9. The second kappa shape index (κ2) is 20.5. The highest BCUT2D eigenvalue weighted by atomic mass is 35.5. The molecule has 5 N–H and O–H groups in total. The SMILES string of the molecule is C=C(C(=O)N1CCN(c2nc(OC[C@@]34CCCN3C[C@H](F)C4)nc3c(F)c(-c4ccc(F)c5sc(N)c(C#N)c45)c(Cl)cc23)C[C@@H]1CC#N)[C@H](C)OC(O)Nc1cc2cc3c(nc2cc1F)-c1cc2c(c(=O)n1C3)COC(=O)[C@]2(O)CC. The number of anilines is 3. The Kier molecular flexibility index (Phi) is 13.6. The van der Waals surface area contributed by atoms with Crippen molar-refractivity contribution in [2.24, 2.45) is 0 Å². The smallest absolute Gasteiger partial charge is 0.343 e. The van der Waals surface area contributed by atoms with Crippen LogP contribution in [-0.4, -0.2) is 121 Å². The van der Waals surface area contributed by atoms with Gasteiger partial charge in [-0.3, -0.25) is 14.5 Å². The maximum absolute atomic E-state index is 17.5. The summed E-state index contributed by atoms with van der Waals surface area (Å²) in [5.74, 6) is -3.78. The maximum Gasteiger partial charge on any atom is 0.343 e. The summed E-state index contributed by atoms with van der Waals surface area (Å²) in [6.45, 7) is 7.77. The number of nitrogens with one attached hydrogen (secondary N) is 1. The maximum atomic E-state index is 17.5. The van der Waals surface area contributed by atoms with Gasteiger partial charge >= 0.3 is 12.0 Å². The largest absolute Gasteiger partial charge is 0.461 e. The summed E-state index contributed by atoms with van der Waals surface area (Å²) in [6.07, 6.45) is -2.64. The summed E-state index contributed by atoms with van der Waals surface area (Å²) in [5.41, 5.74) is 4.12. The normalized spacial score (nSPS) is 21.9. The van der Waals surface area contributed by atoms with Crippen molar-refractivity contribution in [1.29, 1.82) is 10.5 Å². The number of amides is 1. The monoisotopic (exact) mass is 1160 g/mol. The van der Waals surface area contributed by atoms with Crippen molar-refractivity contribution in [3.8, 4) is 40.7 Å². The lowest BCUT2D eigenvalue weighted by Gasteiger charge is -2.42. The number of hydrogen-bond acceptors (Lipinski definition) is 18. The number of benzene rings is 3. The topological polar surface area (TPSA) is 258 Å². The van der Waals surface area contributed by atoms with E-state index in [1.54, 1.807) is 24.0 Å². The minimum atomic E-state index is -2.02. The number of ether oxygens (including phenoxy) is 3. The third-order valence-electron chi connectivity index (χ3n) is 16.6. The molecule has 19 nitrogen and oxygen atoms in total. The van der Waals surface area contributed by atoms with E-state index in [-0.39, 0.29) is 153 Å². The van der Waals surface area contributed by atoms with Gasteiger partial charge in [-0.15, -0.1) is 11.3 Å². The number of alkyl halides is 1. The Hall–Kier alpha value is -7.97. The van der Waals surface area contributed by atoms with Crippen LogP contribution in [0.25, 0.3) is 54.4 Å². The minimum Gasteiger partial charge on any atom is -0.461 e. The molecule has 3 aromatic carbocycles.